The number of fused-ring (bicyclic) bond motifs is 5. The van der Waals surface area contributed by atoms with Gasteiger partial charge in [-0.1, -0.05) is 43.3 Å². The minimum Gasteiger partial charge on any atom is -0.393 e. The van der Waals surface area contributed by atoms with Gasteiger partial charge in [-0.3, -0.25) is 19.5 Å². The van der Waals surface area contributed by atoms with Crippen molar-refractivity contribution in [3.8, 4) is 0 Å². The Morgan fingerprint density at radius 2 is 1.83 bits per heavy atom. The van der Waals surface area contributed by atoms with Crippen LogP contribution in [0.2, 0.25) is 0 Å². The molecule has 0 bridgehead atoms. The number of rotatable bonds is 9. The lowest BCUT2D eigenvalue weighted by Gasteiger charge is -2.51. The predicted octanol–water partition coefficient (Wildman–Crippen LogP) is 3.76. The topological polar surface area (TPSA) is 118 Å². The van der Waals surface area contributed by atoms with Gasteiger partial charge >= 0.3 is 12.2 Å². The zero-order valence-electron chi connectivity index (χ0n) is 24.8. The van der Waals surface area contributed by atoms with Crippen LogP contribution in [0.5, 0.6) is 0 Å². The Hall–Kier alpha value is -3.99. The van der Waals surface area contributed by atoms with E-state index in [1.54, 1.807) is 7.11 Å². The summed E-state index contributed by atoms with van der Waals surface area (Å²) in [5.74, 6) is -2.36. The van der Waals surface area contributed by atoms with Crippen LogP contribution in [0.1, 0.15) is 39.2 Å². The van der Waals surface area contributed by atoms with Crippen LogP contribution in [0.25, 0.3) is 0 Å². The highest BCUT2D eigenvalue weighted by atomic mass is 16.6. The maximum Gasteiger partial charge on any atom is 0.424 e. The second kappa shape index (κ2) is 11.7. The number of ether oxygens (including phenoxy) is 3. The summed E-state index contributed by atoms with van der Waals surface area (Å²) in [6, 6.07) is 9.55. The standard InChI is InChI=1S/C31H38N4O7/c1-6-20-21-14-15-22-23(26(37)33(4)25(22)36)24(21)31(18-19-12-10-9-11-13-19)28(32-16-17-40-5)42-30(39)35(31)27(20)41-29(38)34(7-2)8-3/h9-14,22-24H,6-8,15-18H2,1-5H3/t22?,23?,24?,31-/m0/s1. The zero-order valence-corrected chi connectivity index (χ0v) is 24.8. The summed E-state index contributed by atoms with van der Waals surface area (Å²) < 4.78 is 17.3. The summed E-state index contributed by atoms with van der Waals surface area (Å²) in [6.45, 7) is 6.94. The van der Waals surface area contributed by atoms with Gasteiger partial charge in [0.15, 0.2) is 0 Å². The lowest BCUT2D eigenvalue weighted by atomic mass is 9.59. The number of carbonyl (C=O) groups excluding carboxylic acids is 4. The molecule has 3 unspecified atom stereocenters. The van der Waals surface area contributed by atoms with E-state index in [0.29, 0.717) is 31.5 Å². The van der Waals surface area contributed by atoms with Gasteiger partial charge in [0.2, 0.25) is 23.6 Å². The van der Waals surface area contributed by atoms with E-state index in [1.807, 2.05) is 57.2 Å². The van der Waals surface area contributed by atoms with E-state index in [2.05, 4.69) is 0 Å². The third kappa shape index (κ3) is 4.50. The number of carbonyl (C=O) groups is 4. The number of hydrogen-bond donors (Lipinski definition) is 0. The van der Waals surface area contributed by atoms with E-state index >= 15 is 0 Å². The van der Waals surface area contributed by atoms with Gasteiger partial charge in [-0.2, -0.15) is 0 Å². The average Bonchev–Trinajstić information content (AvgIpc) is 3.39. The van der Waals surface area contributed by atoms with Crippen LogP contribution in [0.4, 0.5) is 9.59 Å². The van der Waals surface area contributed by atoms with Crippen LogP contribution >= 0.6 is 0 Å². The lowest BCUT2D eigenvalue weighted by Crippen LogP contribution is -2.63. The van der Waals surface area contributed by atoms with Crippen LogP contribution in [-0.2, 0) is 30.2 Å². The fourth-order valence-electron chi connectivity index (χ4n) is 6.91. The van der Waals surface area contributed by atoms with Gasteiger partial charge < -0.3 is 19.1 Å². The van der Waals surface area contributed by atoms with Crippen LogP contribution < -0.4 is 0 Å². The predicted molar refractivity (Wildman–Crippen MR) is 153 cm³/mol. The molecule has 3 aliphatic heterocycles. The molecular weight excluding hydrogens is 540 g/mol. The minimum atomic E-state index is -1.37. The van der Waals surface area contributed by atoms with Crippen LogP contribution in [0, 0.1) is 17.8 Å². The summed E-state index contributed by atoms with van der Waals surface area (Å²) in [6.07, 6.45) is 1.62. The number of nitrogens with zero attached hydrogens (tertiary/aromatic N) is 4. The van der Waals surface area contributed by atoms with E-state index in [0.717, 1.165) is 11.1 Å². The smallest absolute Gasteiger partial charge is 0.393 e. The Bertz CT molecular complexity index is 1370. The Morgan fingerprint density at radius 1 is 1.12 bits per heavy atom. The maximum atomic E-state index is 14.0. The third-order valence-corrected chi connectivity index (χ3v) is 8.87. The third-order valence-electron chi connectivity index (χ3n) is 8.87. The largest absolute Gasteiger partial charge is 0.424 e. The number of likely N-dealkylation sites (tertiary alicyclic amines) is 1. The molecule has 0 spiro atoms. The summed E-state index contributed by atoms with van der Waals surface area (Å²) in [5.41, 5.74) is 0.899. The summed E-state index contributed by atoms with van der Waals surface area (Å²) >= 11 is 0. The molecule has 1 aromatic rings. The lowest BCUT2D eigenvalue weighted by molar-refractivity contribution is -0.138. The van der Waals surface area contributed by atoms with Gasteiger partial charge in [0, 0.05) is 45.2 Å². The average molecular weight is 579 g/mol. The first-order valence-corrected chi connectivity index (χ1v) is 14.6. The normalized spacial score (nSPS) is 27.5. The van der Waals surface area contributed by atoms with E-state index in [1.165, 1.54) is 21.7 Å². The number of aliphatic imine (C=N–C) groups is 1. The molecule has 5 rings (SSSR count). The van der Waals surface area contributed by atoms with Crippen molar-refractivity contribution in [3.05, 3.63) is 59.0 Å². The van der Waals surface area contributed by atoms with Crippen molar-refractivity contribution in [1.82, 2.24) is 14.7 Å². The molecule has 0 saturated carbocycles. The molecule has 2 fully saturated rings. The highest BCUT2D eigenvalue weighted by Crippen LogP contribution is 2.57. The van der Waals surface area contributed by atoms with Crippen LogP contribution in [0.3, 0.4) is 0 Å². The molecule has 4 atom stereocenters. The van der Waals surface area contributed by atoms with Crippen molar-refractivity contribution in [2.45, 2.75) is 45.6 Å². The second-order valence-corrected chi connectivity index (χ2v) is 10.9. The molecule has 0 N–H and O–H groups in total. The number of benzene rings is 1. The van der Waals surface area contributed by atoms with Gasteiger partial charge in [-0.05, 0) is 37.8 Å². The molecule has 4 aliphatic rings. The highest BCUT2D eigenvalue weighted by Gasteiger charge is 2.69. The number of hydrogen-bond acceptors (Lipinski definition) is 8. The Balaban J connectivity index is 1.80. The maximum absolute atomic E-state index is 14.0. The summed E-state index contributed by atoms with van der Waals surface area (Å²) in [4.78, 5) is 63.3. The van der Waals surface area contributed by atoms with Gasteiger partial charge in [-0.25, -0.2) is 14.5 Å². The van der Waals surface area contributed by atoms with Crippen molar-refractivity contribution in [2.75, 3.05) is 40.4 Å². The van der Waals surface area contributed by atoms with E-state index in [9.17, 15) is 19.2 Å². The highest BCUT2D eigenvalue weighted by molar-refractivity contribution is 6.09. The molecule has 1 aromatic carbocycles. The first-order chi connectivity index (χ1) is 20.2. The number of cyclic esters (lactones) is 1. The molecular formula is C31H38N4O7. The SMILES string of the molecule is CCC1=C(OC(=O)N(CC)CC)N2C(=O)OC(=NCCOC)[C@]2(Cc2ccccc2)C2C1=CCC1C(=O)N(C)C(=O)C12. The number of methoxy groups -OCH3 is 1. The molecule has 224 valence electrons. The first kappa shape index (κ1) is 29.5. The monoisotopic (exact) mass is 578 g/mol. The van der Waals surface area contributed by atoms with Crippen molar-refractivity contribution in [3.63, 3.8) is 0 Å². The first-order valence-electron chi connectivity index (χ1n) is 14.6. The van der Waals surface area contributed by atoms with E-state index in [4.69, 9.17) is 19.2 Å². The molecule has 0 radical (unpaired) electrons. The fourth-order valence-corrected chi connectivity index (χ4v) is 6.91. The second-order valence-electron chi connectivity index (χ2n) is 10.9. The number of allylic oxidation sites excluding steroid dienone is 2. The molecule has 11 heteroatoms. The molecule has 1 aliphatic carbocycles. The molecule has 3 heterocycles. The molecule has 4 amide bonds. The number of amides is 4. The van der Waals surface area contributed by atoms with Crippen molar-refractivity contribution >= 4 is 29.9 Å². The van der Waals surface area contributed by atoms with Crippen molar-refractivity contribution < 1.29 is 33.4 Å². The molecule has 11 nitrogen and oxygen atoms in total. The van der Waals surface area contributed by atoms with Crippen molar-refractivity contribution in [2.24, 2.45) is 22.7 Å². The summed E-state index contributed by atoms with van der Waals surface area (Å²) in [5, 5.41) is 0. The fraction of sp³-hybridized carbons (Fsp3) is 0.516. The van der Waals surface area contributed by atoms with E-state index in [-0.39, 0.29) is 43.2 Å². The van der Waals surface area contributed by atoms with Gasteiger partial charge in [0.05, 0.1) is 25.0 Å². The summed E-state index contributed by atoms with van der Waals surface area (Å²) in [7, 11) is 3.06. The quantitative estimate of drug-likeness (QED) is 0.324. The van der Waals surface area contributed by atoms with Crippen molar-refractivity contribution in [1.29, 1.82) is 0 Å². The van der Waals surface area contributed by atoms with Gasteiger partial charge in [0.1, 0.15) is 5.54 Å². The Morgan fingerprint density at radius 3 is 2.48 bits per heavy atom. The van der Waals surface area contributed by atoms with E-state index < -0.39 is 35.5 Å². The number of imide groups is 1. The zero-order chi connectivity index (χ0) is 30.2. The minimum absolute atomic E-state index is 0.0818. The Labute approximate surface area is 245 Å². The van der Waals surface area contributed by atoms with Crippen LogP contribution in [0.15, 0.2) is 58.4 Å². The Kier molecular flexibility index (Phi) is 8.23. The van der Waals surface area contributed by atoms with Crippen LogP contribution in [-0.4, -0.2) is 90.5 Å². The molecule has 2 saturated heterocycles. The molecule has 42 heavy (non-hydrogen) atoms. The molecule has 0 aromatic heterocycles. The van der Waals surface area contributed by atoms with Gasteiger partial charge in [0.25, 0.3) is 0 Å². The van der Waals surface area contributed by atoms with Gasteiger partial charge in [-0.15, -0.1) is 0 Å².